The van der Waals surface area contributed by atoms with Gasteiger partial charge in [-0.1, -0.05) is 0 Å². The third-order valence-corrected chi connectivity index (χ3v) is 0. The number of hydrogen-bond acceptors (Lipinski definition) is 6. The third-order valence-electron chi connectivity index (χ3n) is 0. The van der Waals surface area contributed by atoms with Gasteiger partial charge in [0.15, 0.2) is 0 Å². The van der Waals surface area contributed by atoms with Crippen LogP contribution in [-0.2, 0) is 19.8 Å². The van der Waals surface area contributed by atoms with Crippen molar-refractivity contribution in [2.75, 3.05) is 0 Å². The van der Waals surface area contributed by atoms with Gasteiger partial charge in [-0.05, 0) is 0 Å². The molecule has 0 N–H and O–H groups in total. The van der Waals surface area contributed by atoms with Crippen LogP contribution in [0.5, 0.6) is 0 Å². The van der Waals surface area contributed by atoms with Crippen LogP contribution in [0.1, 0.15) is 0 Å². The van der Waals surface area contributed by atoms with Gasteiger partial charge in [-0.15, -0.1) is 0 Å². The standard InChI is InChI=1S/6CN.Os/c6*1-2;/q6*-1;+2. The van der Waals surface area contributed by atoms with Crippen molar-refractivity contribution in [3.63, 3.8) is 0 Å². The van der Waals surface area contributed by atoms with Crippen molar-refractivity contribution in [3.05, 3.63) is 39.4 Å². The maximum Gasteiger partial charge on any atom is 2.00 e. The molecule has 0 amide bonds. The molecule has 0 spiro atoms. The topological polar surface area (TPSA) is 143 Å². The summed E-state index contributed by atoms with van der Waals surface area (Å²) in [6.07, 6.45) is 0. The quantitative estimate of drug-likeness (QED) is 0.587. The van der Waals surface area contributed by atoms with E-state index >= 15 is 0 Å². The van der Waals surface area contributed by atoms with Gasteiger partial charge < -0.3 is 71.0 Å². The van der Waals surface area contributed by atoms with E-state index in [-0.39, 0.29) is 19.8 Å². The van der Waals surface area contributed by atoms with E-state index in [9.17, 15) is 0 Å². The monoisotopic (exact) mass is 348 g/mol. The average Bonchev–Trinajstić information content (AvgIpc) is 2.33. The van der Waals surface area contributed by atoms with E-state index < -0.39 is 0 Å². The Hall–Kier alpha value is -2.42. The molecule has 0 fully saturated rings. The van der Waals surface area contributed by atoms with Gasteiger partial charge in [-0.25, -0.2) is 0 Å². The van der Waals surface area contributed by atoms with Crippen molar-refractivity contribution in [2.24, 2.45) is 0 Å². The van der Waals surface area contributed by atoms with Crippen molar-refractivity contribution >= 4 is 0 Å². The Morgan fingerprint density at radius 3 is 0.308 bits per heavy atom. The molecule has 0 rings (SSSR count). The molecule has 13 heavy (non-hydrogen) atoms. The molecule has 0 atom stereocenters. The molecule has 0 radical (unpaired) electrons. The maximum atomic E-state index is 6.25. The molecule has 0 aliphatic heterocycles. The summed E-state index contributed by atoms with van der Waals surface area (Å²) in [7, 11) is 0. The average molecular weight is 346 g/mol. The van der Waals surface area contributed by atoms with Crippen LogP contribution in [0.3, 0.4) is 0 Å². The molecule has 0 aliphatic carbocycles. The van der Waals surface area contributed by atoms with E-state index in [0.29, 0.717) is 0 Å². The first-order chi connectivity index (χ1) is 6.00. The van der Waals surface area contributed by atoms with Crippen LogP contribution in [0.4, 0.5) is 0 Å². The molecule has 0 saturated carbocycles. The van der Waals surface area contributed by atoms with E-state index in [1.807, 2.05) is 0 Å². The molecular weight excluding hydrogens is 346 g/mol. The van der Waals surface area contributed by atoms with E-state index in [1.54, 1.807) is 0 Å². The molecule has 7 heteroatoms. The van der Waals surface area contributed by atoms with Gasteiger partial charge in [-0.2, -0.15) is 0 Å². The van der Waals surface area contributed by atoms with E-state index in [4.69, 9.17) is 71.0 Å². The van der Waals surface area contributed by atoms with Crippen molar-refractivity contribution in [2.45, 2.75) is 0 Å². The fourth-order valence-electron chi connectivity index (χ4n) is 0. The predicted molar refractivity (Wildman–Crippen MR) is 29.8 cm³/mol. The van der Waals surface area contributed by atoms with Crippen molar-refractivity contribution in [3.8, 4) is 0 Å². The summed E-state index contributed by atoms with van der Waals surface area (Å²) in [5.74, 6) is 0. The Morgan fingerprint density at radius 2 is 0.308 bits per heavy atom. The molecule has 6 nitrogen and oxygen atoms in total. The summed E-state index contributed by atoms with van der Waals surface area (Å²) in [6, 6.07) is 0. The maximum absolute atomic E-state index is 6.25. The van der Waals surface area contributed by atoms with Gasteiger partial charge >= 0.3 is 19.8 Å². The molecule has 0 bridgehead atoms. The molecule has 0 aliphatic rings. The van der Waals surface area contributed by atoms with Crippen molar-refractivity contribution < 1.29 is 19.8 Å². The molecule has 0 aromatic rings. The van der Waals surface area contributed by atoms with Crippen LogP contribution in [0.15, 0.2) is 0 Å². The first kappa shape index (κ1) is 75.8. The van der Waals surface area contributed by atoms with Gasteiger partial charge in [0.05, 0.1) is 0 Å². The van der Waals surface area contributed by atoms with Crippen molar-refractivity contribution in [1.29, 1.82) is 31.6 Å². The van der Waals surface area contributed by atoms with Crippen LogP contribution in [-0.4, -0.2) is 0 Å². The summed E-state index contributed by atoms with van der Waals surface area (Å²) in [5.41, 5.74) is 0. The second-order valence-corrected chi connectivity index (χ2v) is 0. The van der Waals surface area contributed by atoms with Gasteiger partial charge in [0.2, 0.25) is 0 Å². The zero-order chi connectivity index (χ0) is 12.0. The van der Waals surface area contributed by atoms with Crippen LogP contribution in [0, 0.1) is 71.0 Å². The first-order valence-corrected chi connectivity index (χ1v) is 1.34. The van der Waals surface area contributed by atoms with Gasteiger partial charge in [-0.3, -0.25) is 0 Å². The van der Waals surface area contributed by atoms with E-state index in [2.05, 4.69) is 0 Å². The van der Waals surface area contributed by atoms with Gasteiger partial charge in [0.1, 0.15) is 0 Å². The summed E-state index contributed by atoms with van der Waals surface area (Å²) >= 11 is 0. The van der Waals surface area contributed by atoms with Gasteiger partial charge in [0, 0.05) is 0 Å². The molecule has 0 saturated heterocycles. The molecule has 0 aromatic heterocycles. The number of nitrogens with zero attached hydrogens (tertiary/aromatic N) is 6. The van der Waals surface area contributed by atoms with Crippen LogP contribution >= 0.6 is 0 Å². The number of rotatable bonds is 0. The fourth-order valence-corrected chi connectivity index (χ4v) is 0. The second-order valence-electron chi connectivity index (χ2n) is 0. The third kappa shape index (κ3) is 93.6. The van der Waals surface area contributed by atoms with E-state index in [1.165, 1.54) is 0 Å². The first-order valence-electron chi connectivity index (χ1n) is 1.34. The summed E-state index contributed by atoms with van der Waals surface area (Å²) in [6.45, 7) is 28.5. The minimum atomic E-state index is 0. The fraction of sp³-hybridized carbons (Fsp3) is 0. The van der Waals surface area contributed by atoms with Crippen LogP contribution in [0.2, 0.25) is 0 Å². The smallest absolute Gasteiger partial charge is 0.512 e. The Labute approximate surface area is 91.1 Å². The van der Waals surface area contributed by atoms with Crippen LogP contribution < -0.4 is 0 Å². The molecular formula is C6N6Os-4. The zero-order valence-corrected chi connectivity index (χ0v) is 8.58. The normalized spacial score (nSPS) is 0.923. The SMILES string of the molecule is [C-]#N.[C-]#N.[C-]#N.[C-]#N.[C-]#N.[C-]#N.[Os+2]. The van der Waals surface area contributed by atoms with Crippen molar-refractivity contribution in [1.82, 2.24) is 0 Å². The Bertz CT molecular complexity index is 92.1. The zero-order valence-electron chi connectivity index (χ0n) is 6.04. The Balaban J connectivity index is -0.00000000655. The second kappa shape index (κ2) is 120. The number of hydrogen-bond donors (Lipinski definition) is 0. The molecule has 0 aromatic carbocycles. The minimum absolute atomic E-state index is 0. The van der Waals surface area contributed by atoms with Gasteiger partial charge in [0.25, 0.3) is 0 Å². The minimum Gasteiger partial charge on any atom is -0.512 e. The molecule has 0 unspecified atom stereocenters. The Kier molecular flexibility index (Phi) is 699. The predicted octanol–water partition coefficient (Wildman–Crippen LogP) is 0.576. The van der Waals surface area contributed by atoms with E-state index in [0.717, 1.165) is 0 Å². The largest absolute Gasteiger partial charge is 2.00 e. The Morgan fingerprint density at radius 1 is 0.308 bits per heavy atom. The van der Waals surface area contributed by atoms with Crippen LogP contribution in [0.25, 0.3) is 0 Å². The molecule has 66 valence electrons. The molecule has 0 heterocycles. The summed E-state index contributed by atoms with van der Waals surface area (Å²) in [5, 5.41) is 37.5. The summed E-state index contributed by atoms with van der Waals surface area (Å²) < 4.78 is 0. The summed E-state index contributed by atoms with van der Waals surface area (Å²) in [4.78, 5) is 0.